The van der Waals surface area contributed by atoms with Crippen molar-refractivity contribution in [3.63, 3.8) is 0 Å². The van der Waals surface area contributed by atoms with Gasteiger partial charge in [0.15, 0.2) is 0 Å². The highest BCUT2D eigenvalue weighted by Gasteiger charge is 2.55. The summed E-state index contributed by atoms with van der Waals surface area (Å²) in [5, 5.41) is 2.09. The summed E-state index contributed by atoms with van der Waals surface area (Å²) in [7, 11) is 3.76. The smallest absolute Gasteiger partial charge is 0.213 e. The molecule has 2 aliphatic rings. The van der Waals surface area contributed by atoms with Gasteiger partial charge in [-0.2, -0.15) is 5.06 Å². The maximum Gasteiger partial charge on any atom is 0.213 e. The lowest BCUT2D eigenvalue weighted by Gasteiger charge is -2.45. The van der Waals surface area contributed by atoms with E-state index in [1.165, 1.54) is 0 Å². The number of aromatic nitrogens is 1. The zero-order chi connectivity index (χ0) is 16.1. The van der Waals surface area contributed by atoms with Gasteiger partial charge in [0.1, 0.15) is 0 Å². The first-order valence-electron chi connectivity index (χ1n) is 8.20. The molecule has 0 N–H and O–H groups in total. The second-order valence-electron chi connectivity index (χ2n) is 7.85. The summed E-state index contributed by atoms with van der Waals surface area (Å²) < 4.78 is 5.32. The van der Waals surface area contributed by atoms with Gasteiger partial charge in [-0.25, -0.2) is 4.98 Å². The molecule has 122 valence electrons. The van der Waals surface area contributed by atoms with E-state index in [-0.39, 0.29) is 11.0 Å². The van der Waals surface area contributed by atoms with Crippen molar-refractivity contribution in [1.82, 2.24) is 10.0 Å². The second-order valence-corrected chi connectivity index (χ2v) is 7.85. The molecule has 0 aromatic carbocycles. The van der Waals surface area contributed by atoms with Crippen molar-refractivity contribution in [2.75, 3.05) is 14.2 Å². The van der Waals surface area contributed by atoms with Crippen molar-refractivity contribution in [2.24, 2.45) is 11.8 Å². The quantitative estimate of drug-likeness (QED) is 0.838. The Labute approximate surface area is 133 Å². The van der Waals surface area contributed by atoms with Crippen LogP contribution in [0.2, 0.25) is 0 Å². The van der Waals surface area contributed by atoms with Crippen LogP contribution in [0.5, 0.6) is 5.88 Å². The number of rotatable bonds is 2. The monoisotopic (exact) mass is 304 g/mol. The van der Waals surface area contributed by atoms with Gasteiger partial charge in [0.05, 0.1) is 18.4 Å². The summed E-state index contributed by atoms with van der Waals surface area (Å²) in [5.41, 5.74) is 1.09. The molecule has 0 bridgehead atoms. The fourth-order valence-corrected chi connectivity index (χ4v) is 4.76. The van der Waals surface area contributed by atoms with Crippen LogP contribution >= 0.6 is 0 Å². The first-order chi connectivity index (χ1) is 10.3. The third kappa shape index (κ3) is 2.42. The summed E-state index contributed by atoms with van der Waals surface area (Å²) in [4.78, 5) is 10.9. The van der Waals surface area contributed by atoms with Gasteiger partial charge in [-0.1, -0.05) is 19.9 Å². The molecule has 4 unspecified atom stereocenters. The zero-order valence-corrected chi connectivity index (χ0v) is 14.6. The van der Waals surface area contributed by atoms with E-state index in [1.807, 2.05) is 12.1 Å². The third-order valence-electron chi connectivity index (χ3n) is 5.68. The Morgan fingerprint density at radius 2 is 2.00 bits per heavy atom. The van der Waals surface area contributed by atoms with Gasteiger partial charge in [-0.05, 0) is 38.7 Å². The molecule has 1 aromatic rings. The molecule has 3 rings (SSSR count). The van der Waals surface area contributed by atoms with Crippen LogP contribution in [0.25, 0.3) is 0 Å². The van der Waals surface area contributed by atoms with Crippen LogP contribution in [0.15, 0.2) is 18.2 Å². The van der Waals surface area contributed by atoms with E-state index in [2.05, 4.69) is 45.9 Å². The Morgan fingerprint density at radius 3 is 2.68 bits per heavy atom. The van der Waals surface area contributed by atoms with Crippen molar-refractivity contribution in [3.8, 4) is 5.88 Å². The number of nitrogens with zero attached hydrogens (tertiary/aromatic N) is 2. The molecule has 1 aliphatic carbocycles. The molecule has 1 aliphatic heterocycles. The number of fused-ring (bicyclic) bond motifs is 1. The summed E-state index contributed by atoms with van der Waals surface area (Å²) in [6.07, 6.45) is 2.22. The van der Waals surface area contributed by atoms with Gasteiger partial charge in [0.2, 0.25) is 5.88 Å². The summed E-state index contributed by atoms with van der Waals surface area (Å²) in [6.45, 7) is 9.11. The topological polar surface area (TPSA) is 34.6 Å². The molecular weight excluding hydrogens is 276 g/mol. The number of hydrogen-bond donors (Lipinski definition) is 0. The number of hydroxylamine groups is 2. The fraction of sp³-hybridized carbons (Fsp3) is 0.722. The van der Waals surface area contributed by atoms with E-state index >= 15 is 0 Å². The van der Waals surface area contributed by atoms with Crippen LogP contribution < -0.4 is 4.74 Å². The van der Waals surface area contributed by atoms with Crippen LogP contribution in [0, 0.1) is 11.8 Å². The van der Waals surface area contributed by atoms with E-state index < -0.39 is 0 Å². The lowest BCUT2D eigenvalue weighted by molar-refractivity contribution is -0.182. The van der Waals surface area contributed by atoms with E-state index in [0.29, 0.717) is 23.8 Å². The molecule has 2 heterocycles. The number of hydrogen-bond acceptors (Lipinski definition) is 4. The van der Waals surface area contributed by atoms with Gasteiger partial charge < -0.3 is 4.74 Å². The Kier molecular flexibility index (Phi) is 3.73. The van der Waals surface area contributed by atoms with Gasteiger partial charge in [0, 0.05) is 30.5 Å². The molecule has 0 amide bonds. The third-order valence-corrected chi connectivity index (χ3v) is 5.68. The number of pyridine rings is 1. The van der Waals surface area contributed by atoms with Crippen LogP contribution in [0.4, 0.5) is 0 Å². The van der Waals surface area contributed by atoms with Gasteiger partial charge in [-0.15, -0.1) is 0 Å². The molecule has 4 atom stereocenters. The SMILES string of the molecule is COc1cccc(C2(C)CC(C)C3C(C2)C(C)(C)ON3C)n1. The van der Waals surface area contributed by atoms with E-state index in [4.69, 9.17) is 14.6 Å². The molecule has 4 nitrogen and oxygen atoms in total. The lowest BCUT2D eigenvalue weighted by atomic mass is 9.60. The largest absolute Gasteiger partial charge is 0.481 e. The predicted octanol–water partition coefficient (Wildman–Crippen LogP) is 3.42. The molecule has 1 aromatic heterocycles. The van der Waals surface area contributed by atoms with Crippen molar-refractivity contribution >= 4 is 0 Å². The Bertz CT molecular complexity index is 560. The highest BCUT2D eigenvalue weighted by Crippen LogP contribution is 2.52. The van der Waals surface area contributed by atoms with Crippen molar-refractivity contribution in [1.29, 1.82) is 0 Å². The van der Waals surface area contributed by atoms with Gasteiger partial charge in [0.25, 0.3) is 0 Å². The van der Waals surface area contributed by atoms with E-state index in [9.17, 15) is 0 Å². The molecule has 2 fully saturated rings. The average Bonchev–Trinajstić information content (AvgIpc) is 2.68. The van der Waals surface area contributed by atoms with E-state index in [1.54, 1.807) is 7.11 Å². The molecular formula is C18H28N2O2. The standard InChI is InChI=1S/C18H28N2O2/c1-12-10-18(4,14-8-7-9-15(19-14)21-6)11-13-16(12)20(5)22-17(13,2)3/h7-9,12-13,16H,10-11H2,1-6H3. The molecule has 4 heteroatoms. The Hall–Kier alpha value is -1.13. The molecule has 0 spiro atoms. The van der Waals surface area contributed by atoms with Crippen LogP contribution in [0.1, 0.15) is 46.2 Å². The maximum atomic E-state index is 6.13. The highest BCUT2D eigenvalue weighted by molar-refractivity contribution is 5.24. The summed E-state index contributed by atoms with van der Waals surface area (Å²) >= 11 is 0. The minimum Gasteiger partial charge on any atom is -0.481 e. The average molecular weight is 304 g/mol. The van der Waals surface area contributed by atoms with Crippen molar-refractivity contribution < 1.29 is 9.57 Å². The highest BCUT2D eigenvalue weighted by atomic mass is 16.7. The Balaban J connectivity index is 1.95. The van der Waals surface area contributed by atoms with Crippen molar-refractivity contribution in [2.45, 2.75) is 57.6 Å². The maximum absolute atomic E-state index is 6.13. The predicted molar refractivity (Wildman–Crippen MR) is 86.7 cm³/mol. The molecule has 1 saturated carbocycles. The summed E-state index contributed by atoms with van der Waals surface area (Å²) in [6, 6.07) is 6.60. The molecule has 1 saturated heterocycles. The Morgan fingerprint density at radius 1 is 1.27 bits per heavy atom. The minimum atomic E-state index is -0.117. The summed E-state index contributed by atoms with van der Waals surface area (Å²) in [5.74, 6) is 1.79. The van der Waals surface area contributed by atoms with Gasteiger partial charge >= 0.3 is 0 Å². The normalized spacial score (nSPS) is 37.8. The molecule has 0 radical (unpaired) electrons. The fourth-order valence-electron chi connectivity index (χ4n) is 4.76. The van der Waals surface area contributed by atoms with Crippen LogP contribution in [-0.4, -0.2) is 35.8 Å². The van der Waals surface area contributed by atoms with Crippen LogP contribution in [0.3, 0.4) is 0 Å². The molecule has 22 heavy (non-hydrogen) atoms. The zero-order valence-electron chi connectivity index (χ0n) is 14.6. The van der Waals surface area contributed by atoms with E-state index in [0.717, 1.165) is 18.5 Å². The van der Waals surface area contributed by atoms with Crippen molar-refractivity contribution in [3.05, 3.63) is 23.9 Å². The lowest BCUT2D eigenvalue weighted by Crippen LogP contribution is -2.48. The number of ether oxygens (including phenoxy) is 1. The van der Waals surface area contributed by atoms with Gasteiger partial charge in [-0.3, -0.25) is 4.84 Å². The van der Waals surface area contributed by atoms with Crippen LogP contribution in [-0.2, 0) is 10.3 Å². The minimum absolute atomic E-state index is 0.0704. The first kappa shape index (κ1) is 15.8. The number of methoxy groups -OCH3 is 1. The first-order valence-corrected chi connectivity index (χ1v) is 8.20. The second kappa shape index (κ2) is 5.20.